The largest absolute Gasteiger partial charge is 0.336 e. The van der Waals surface area contributed by atoms with Gasteiger partial charge in [-0.25, -0.2) is 12.8 Å². The molecule has 1 atom stereocenters. The summed E-state index contributed by atoms with van der Waals surface area (Å²) in [7, 11) is -3.72. The number of fused-ring (bicyclic) bond motifs is 1. The number of hydrogen-bond acceptors (Lipinski definition) is 3. The lowest BCUT2D eigenvalue weighted by atomic mass is 9.99. The zero-order valence-corrected chi connectivity index (χ0v) is 16.2. The van der Waals surface area contributed by atoms with E-state index >= 15 is 0 Å². The number of benzene rings is 2. The molecule has 0 unspecified atom stereocenters. The van der Waals surface area contributed by atoms with E-state index in [4.69, 9.17) is 0 Å². The molecule has 0 fully saturated rings. The number of nitrogens with zero attached hydrogens (tertiary/aromatic N) is 2. The Bertz CT molecular complexity index is 928. The van der Waals surface area contributed by atoms with Crippen LogP contribution in [0.5, 0.6) is 0 Å². The van der Waals surface area contributed by atoms with Crippen LogP contribution in [-0.2, 0) is 27.8 Å². The van der Waals surface area contributed by atoms with E-state index in [0.717, 1.165) is 22.5 Å². The summed E-state index contributed by atoms with van der Waals surface area (Å²) in [6.45, 7) is 2.79. The molecule has 0 saturated carbocycles. The number of carbonyl (C=O) groups is 1. The van der Waals surface area contributed by atoms with Gasteiger partial charge in [0.05, 0.1) is 11.9 Å². The Hall–Kier alpha value is -2.41. The highest BCUT2D eigenvalue weighted by atomic mass is 32.2. The van der Waals surface area contributed by atoms with Crippen LogP contribution < -0.4 is 4.31 Å². The predicted octanol–water partition coefficient (Wildman–Crippen LogP) is 2.96. The smallest absolute Gasteiger partial charge is 0.246 e. The topological polar surface area (TPSA) is 57.7 Å². The fourth-order valence-corrected chi connectivity index (χ4v) is 4.73. The van der Waals surface area contributed by atoms with Crippen LogP contribution in [0, 0.1) is 5.82 Å². The van der Waals surface area contributed by atoms with E-state index in [1.807, 2.05) is 18.2 Å². The molecule has 1 amide bonds. The lowest BCUT2D eigenvalue weighted by Crippen LogP contribution is -2.51. The molecule has 0 bridgehead atoms. The fourth-order valence-electron chi connectivity index (χ4n) is 3.53. The van der Waals surface area contributed by atoms with E-state index < -0.39 is 21.9 Å². The molecule has 0 spiro atoms. The highest BCUT2D eigenvalue weighted by Gasteiger charge is 2.35. The summed E-state index contributed by atoms with van der Waals surface area (Å²) >= 11 is 0. The van der Waals surface area contributed by atoms with E-state index in [1.165, 1.54) is 29.8 Å². The molecule has 2 aromatic rings. The summed E-state index contributed by atoms with van der Waals surface area (Å²) in [5.41, 5.74) is 2.59. The SMILES string of the molecule is CC[C@@H](C(=O)N1CCc2ccccc2C1)N(c1ccc(F)cc1)S(C)(=O)=O. The van der Waals surface area contributed by atoms with Crippen LogP contribution in [0.4, 0.5) is 10.1 Å². The van der Waals surface area contributed by atoms with Crippen LogP contribution in [0.25, 0.3) is 0 Å². The van der Waals surface area contributed by atoms with Crippen LogP contribution >= 0.6 is 0 Å². The summed E-state index contributed by atoms with van der Waals surface area (Å²) in [6, 6.07) is 12.3. The third kappa shape index (κ3) is 4.13. The minimum absolute atomic E-state index is 0.234. The number of carbonyl (C=O) groups excluding carboxylic acids is 1. The van der Waals surface area contributed by atoms with E-state index in [0.29, 0.717) is 19.5 Å². The van der Waals surface area contributed by atoms with Gasteiger partial charge in [0.1, 0.15) is 11.9 Å². The molecule has 5 nitrogen and oxygen atoms in total. The van der Waals surface area contributed by atoms with E-state index in [1.54, 1.807) is 11.8 Å². The quantitative estimate of drug-likeness (QED) is 0.789. The number of halogens is 1. The molecular weight excluding hydrogens is 367 g/mol. The van der Waals surface area contributed by atoms with Gasteiger partial charge in [-0.3, -0.25) is 9.10 Å². The number of amides is 1. The Labute approximate surface area is 159 Å². The molecule has 1 aliphatic heterocycles. The first-order valence-electron chi connectivity index (χ1n) is 8.91. The van der Waals surface area contributed by atoms with Gasteiger partial charge in [0.15, 0.2) is 0 Å². The van der Waals surface area contributed by atoms with Gasteiger partial charge in [-0.2, -0.15) is 0 Å². The zero-order valence-electron chi connectivity index (χ0n) is 15.4. The van der Waals surface area contributed by atoms with Crippen LogP contribution in [0.2, 0.25) is 0 Å². The van der Waals surface area contributed by atoms with Crippen molar-refractivity contribution in [3.05, 3.63) is 65.5 Å². The van der Waals surface area contributed by atoms with Crippen LogP contribution in [0.1, 0.15) is 24.5 Å². The normalized spacial score (nSPS) is 15.1. The highest BCUT2D eigenvalue weighted by Crippen LogP contribution is 2.26. The Kier molecular flexibility index (Phi) is 5.51. The van der Waals surface area contributed by atoms with Gasteiger partial charge in [0.2, 0.25) is 15.9 Å². The Morgan fingerprint density at radius 3 is 2.37 bits per heavy atom. The first kappa shape index (κ1) is 19.4. The summed E-state index contributed by atoms with van der Waals surface area (Å²) in [6.07, 6.45) is 2.13. The van der Waals surface area contributed by atoms with Crippen molar-refractivity contribution in [3.8, 4) is 0 Å². The van der Waals surface area contributed by atoms with Crippen molar-refractivity contribution in [3.63, 3.8) is 0 Å². The molecule has 0 radical (unpaired) electrons. The summed E-state index contributed by atoms with van der Waals surface area (Å²) in [5, 5.41) is 0. The lowest BCUT2D eigenvalue weighted by Gasteiger charge is -2.36. The first-order chi connectivity index (χ1) is 12.8. The van der Waals surface area contributed by atoms with E-state index in [-0.39, 0.29) is 11.6 Å². The van der Waals surface area contributed by atoms with Gasteiger partial charge in [-0.1, -0.05) is 31.2 Å². The molecule has 144 valence electrons. The lowest BCUT2D eigenvalue weighted by molar-refractivity contribution is -0.133. The van der Waals surface area contributed by atoms with Gasteiger partial charge in [-0.05, 0) is 48.2 Å². The summed E-state index contributed by atoms with van der Waals surface area (Å²) in [5.74, 6) is -0.694. The Morgan fingerprint density at radius 1 is 1.15 bits per heavy atom. The predicted molar refractivity (Wildman–Crippen MR) is 103 cm³/mol. The third-order valence-corrected chi connectivity index (χ3v) is 6.02. The first-order valence-corrected chi connectivity index (χ1v) is 10.8. The number of anilines is 1. The second-order valence-electron chi connectivity index (χ2n) is 6.74. The Morgan fingerprint density at radius 2 is 1.78 bits per heavy atom. The molecule has 7 heteroatoms. The maximum Gasteiger partial charge on any atom is 0.246 e. The van der Waals surface area contributed by atoms with Crippen molar-refractivity contribution in [2.24, 2.45) is 0 Å². The second kappa shape index (κ2) is 7.68. The van der Waals surface area contributed by atoms with Gasteiger partial charge in [-0.15, -0.1) is 0 Å². The highest BCUT2D eigenvalue weighted by molar-refractivity contribution is 7.92. The van der Waals surface area contributed by atoms with Crippen LogP contribution in [0.15, 0.2) is 48.5 Å². The van der Waals surface area contributed by atoms with Crippen molar-refractivity contribution >= 4 is 21.6 Å². The van der Waals surface area contributed by atoms with Gasteiger partial charge >= 0.3 is 0 Å². The van der Waals surface area contributed by atoms with E-state index in [9.17, 15) is 17.6 Å². The van der Waals surface area contributed by atoms with E-state index in [2.05, 4.69) is 6.07 Å². The van der Waals surface area contributed by atoms with Crippen molar-refractivity contribution in [2.45, 2.75) is 32.4 Å². The maximum absolute atomic E-state index is 13.3. The molecule has 0 saturated heterocycles. The number of sulfonamides is 1. The molecule has 0 aliphatic carbocycles. The molecule has 1 heterocycles. The minimum atomic E-state index is -3.72. The molecular formula is C20H23FN2O3S. The van der Waals surface area contributed by atoms with Gasteiger partial charge < -0.3 is 4.90 Å². The summed E-state index contributed by atoms with van der Waals surface area (Å²) < 4.78 is 39.3. The zero-order chi connectivity index (χ0) is 19.6. The maximum atomic E-state index is 13.3. The second-order valence-corrected chi connectivity index (χ2v) is 8.60. The number of hydrogen-bond donors (Lipinski definition) is 0. The Balaban J connectivity index is 1.91. The molecule has 27 heavy (non-hydrogen) atoms. The monoisotopic (exact) mass is 390 g/mol. The molecule has 0 aromatic heterocycles. The molecule has 2 aromatic carbocycles. The van der Waals surface area contributed by atoms with Crippen LogP contribution in [-0.4, -0.2) is 38.1 Å². The van der Waals surface area contributed by atoms with Crippen molar-refractivity contribution in [1.82, 2.24) is 4.90 Å². The molecule has 1 aliphatic rings. The molecule has 0 N–H and O–H groups in total. The third-order valence-electron chi connectivity index (χ3n) is 4.84. The molecule has 3 rings (SSSR count). The van der Waals surface area contributed by atoms with Gasteiger partial charge in [0, 0.05) is 13.1 Å². The van der Waals surface area contributed by atoms with Crippen LogP contribution in [0.3, 0.4) is 0 Å². The average Bonchev–Trinajstić information content (AvgIpc) is 2.65. The standard InChI is InChI=1S/C20H23FN2O3S/c1-3-19(23(27(2,25)26)18-10-8-17(21)9-11-18)20(24)22-13-12-15-6-4-5-7-16(15)14-22/h4-11,19H,3,12-14H2,1-2H3/t19-/m0/s1. The summed E-state index contributed by atoms with van der Waals surface area (Å²) in [4.78, 5) is 14.9. The van der Waals surface area contributed by atoms with Crippen molar-refractivity contribution in [2.75, 3.05) is 17.1 Å². The van der Waals surface area contributed by atoms with Crippen molar-refractivity contribution < 1.29 is 17.6 Å². The minimum Gasteiger partial charge on any atom is -0.336 e. The van der Waals surface area contributed by atoms with Gasteiger partial charge in [0.25, 0.3) is 0 Å². The number of rotatable bonds is 5. The van der Waals surface area contributed by atoms with Crippen molar-refractivity contribution in [1.29, 1.82) is 0 Å². The fraction of sp³-hybridized carbons (Fsp3) is 0.350. The average molecular weight is 390 g/mol.